The van der Waals surface area contributed by atoms with Crippen LogP contribution in [0.3, 0.4) is 0 Å². The minimum atomic E-state index is 0.578. The Hall–Kier alpha value is -3.52. The fourth-order valence-corrected chi connectivity index (χ4v) is 3.49. The van der Waals surface area contributed by atoms with Crippen molar-refractivity contribution in [3.8, 4) is 11.1 Å². The third-order valence-electron chi connectivity index (χ3n) is 5.17. The highest BCUT2D eigenvalue weighted by atomic mass is 15.1. The van der Waals surface area contributed by atoms with Crippen molar-refractivity contribution in [1.82, 2.24) is 0 Å². The van der Waals surface area contributed by atoms with Crippen LogP contribution in [0.5, 0.6) is 0 Å². The Balaban J connectivity index is 2.03. The van der Waals surface area contributed by atoms with Crippen LogP contribution in [-0.2, 0) is 0 Å². The van der Waals surface area contributed by atoms with Gasteiger partial charge in [0.25, 0.3) is 0 Å². The molecule has 0 spiro atoms. The minimum absolute atomic E-state index is 0.578. The summed E-state index contributed by atoms with van der Waals surface area (Å²) < 4.78 is 0. The van der Waals surface area contributed by atoms with Gasteiger partial charge < -0.3 is 10.6 Å². The zero-order valence-corrected chi connectivity index (χ0v) is 17.2. The standard InChI is InChI=1S/C27H28N2/c1-5-24(29(4)25-12-8-7-9-13-25)19-23-11-10-14-27(26(23)6-2)22-17-15-21(16-18-22)20(3)28/h6-19H,2-3,5,28H2,1,4H3/b24-19-. The third kappa shape index (κ3) is 4.49. The van der Waals surface area contributed by atoms with Gasteiger partial charge >= 0.3 is 0 Å². The van der Waals surface area contributed by atoms with Crippen molar-refractivity contribution >= 4 is 23.5 Å². The molecule has 3 aromatic carbocycles. The van der Waals surface area contributed by atoms with Crippen molar-refractivity contribution in [2.24, 2.45) is 5.73 Å². The van der Waals surface area contributed by atoms with Gasteiger partial charge in [-0.15, -0.1) is 0 Å². The average Bonchev–Trinajstić information content (AvgIpc) is 2.77. The van der Waals surface area contributed by atoms with Gasteiger partial charge in [0.1, 0.15) is 0 Å². The lowest BCUT2D eigenvalue weighted by Crippen LogP contribution is -2.15. The van der Waals surface area contributed by atoms with E-state index < -0.39 is 0 Å². The highest BCUT2D eigenvalue weighted by Crippen LogP contribution is 2.30. The number of para-hydroxylation sites is 1. The second-order valence-electron chi connectivity index (χ2n) is 7.00. The fourth-order valence-electron chi connectivity index (χ4n) is 3.49. The molecule has 0 atom stereocenters. The number of allylic oxidation sites excluding steroid dienone is 1. The van der Waals surface area contributed by atoms with Crippen LogP contribution in [0.4, 0.5) is 5.69 Å². The lowest BCUT2D eigenvalue weighted by atomic mass is 9.94. The molecule has 0 aliphatic heterocycles. The topological polar surface area (TPSA) is 29.3 Å². The number of rotatable bonds is 7. The van der Waals surface area contributed by atoms with Crippen LogP contribution in [0.2, 0.25) is 0 Å². The molecular formula is C27H28N2. The molecule has 0 radical (unpaired) electrons. The fraction of sp³-hybridized carbons (Fsp3) is 0.111. The molecule has 0 bridgehead atoms. The van der Waals surface area contributed by atoms with E-state index in [0.29, 0.717) is 5.70 Å². The molecule has 0 saturated heterocycles. The number of hydrogen-bond acceptors (Lipinski definition) is 2. The number of benzene rings is 3. The molecule has 0 aromatic heterocycles. The molecule has 0 heterocycles. The van der Waals surface area contributed by atoms with Crippen LogP contribution < -0.4 is 10.6 Å². The maximum Gasteiger partial charge on any atom is 0.0405 e. The molecule has 0 amide bonds. The normalized spacial score (nSPS) is 11.2. The lowest BCUT2D eigenvalue weighted by Gasteiger charge is -2.23. The van der Waals surface area contributed by atoms with E-state index in [1.54, 1.807) is 0 Å². The Kier molecular flexibility index (Phi) is 6.36. The van der Waals surface area contributed by atoms with Gasteiger partial charge in [-0.2, -0.15) is 0 Å². The molecule has 0 aliphatic rings. The molecule has 0 fully saturated rings. The molecular weight excluding hydrogens is 352 g/mol. The molecule has 29 heavy (non-hydrogen) atoms. The second kappa shape index (κ2) is 9.11. The summed E-state index contributed by atoms with van der Waals surface area (Å²) >= 11 is 0. The smallest absolute Gasteiger partial charge is 0.0405 e. The molecule has 0 saturated carbocycles. The van der Waals surface area contributed by atoms with E-state index in [1.165, 1.54) is 11.4 Å². The highest BCUT2D eigenvalue weighted by Gasteiger charge is 2.10. The van der Waals surface area contributed by atoms with Gasteiger partial charge in [-0.25, -0.2) is 0 Å². The zero-order chi connectivity index (χ0) is 20.8. The summed E-state index contributed by atoms with van der Waals surface area (Å²) in [6, 6.07) is 25.0. The number of hydrogen-bond donors (Lipinski definition) is 1. The van der Waals surface area contributed by atoms with E-state index in [4.69, 9.17) is 5.73 Å². The van der Waals surface area contributed by atoms with Crippen LogP contribution in [0.25, 0.3) is 29.0 Å². The van der Waals surface area contributed by atoms with Crippen LogP contribution >= 0.6 is 0 Å². The van der Waals surface area contributed by atoms with Crippen molar-refractivity contribution in [3.63, 3.8) is 0 Å². The third-order valence-corrected chi connectivity index (χ3v) is 5.17. The highest BCUT2D eigenvalue weighted by molar-refractivity contribution is 5.82. The molecule has 2 nitrogen and oxygen atoms in total. The van der Waals surface area contributed by atoms with Crippen LogP contribution in [-0.4, -0.2) is 7.05 Å². The van der Waals surface area contributed by atoms with Crippen molar-refractivity contribution in [3.05, 3.63) is 108 Å². The molecule has 3 rings (SSSR count). The van der Waals surface area contributed by atoms with E-state index in [9.17, 15) is 0 Å². The first-order valence-corrected chi connectivity index (χ1v) is 9.85. The van der Waals surface area contributed by atoms with Crippen molar-refractivity contribution in [2.75, 3.05) is 11.9 Å². The Bertz CT molecular complexity index is 1030. The maximum absolute atomic E-state index is 5.81. The SMILES string of the molecule is C=Cc1c(/C=C(/CC)N(C)c2ccccc2)cccc1-c1ccc(C(=C)N)cc1. The summed E-state index contributed by atoms with van der Waals surface area (Å²) in [5.41, 5.74) is 14.3. The van der Waals surface area contributed by atoms with Crippen molar-refractivity contribution in [2.45, 2.75) is 13.3 Å². The Morgan fingerprint density at radius 3 is 2.24 bits per heavy atom. The van der Waals surface area contributed by atoms with Gasteiger partial charge in [0.2, 0.25) is 0 Å². The van der Waals surface area contributed by atoms with Gasteiger partial charge in [-0.1, -0.05) is 86.8 Å². The number of anilines is 1. The Morgan fingerprint density at radius 2 is 1.66 bits per heavy atom. The first-order valence-electron chi connectivity index (χ1n) is 9.85. The van der Waals surface area contributed by atoms with E-state index in [1.807, 2.05) is 24.3 Å². The molecule has 2 N–H and O–H groups in total. The molecule has 2 heteroatoms. The molecule has 146 valence electrons. The monoisotopic (exact) mass is 380 g/mol. The van der Waals surface area contributed by atoms with Crippen LogP contribution in [0, 0.1) is 0 Å². The first kappa shape index (κ1) is 20.2. The van der Waals surface area contributed by atoms with Gasteiger partial charge in [-0.05, 0) is 52.4 Å². The van der Waals surface area contributed by atoms with Gasteiger partial charge in [0.05, 0.1) is 0 Å². The number of nitrogens with two attached hydrogens (primary N) is 1. The predicted octanol–water partition coefficient (Wildman–Crippen LogP) is 6.81. The summed E-state index contributed by atoms with van der Waals surface area (Å²) in [5.74, 6) is 0. The largest absolute Gasteiger partial charge is 0.399 e. The Labute approximate surface area is 174 Å². The predicted molar refractivity (Wildman–Crippen MR) is 128 cm³/mol. The summed E-state index contributed by atoms with van der Waals surface area (Å²) in [6.07, 6.45) is 5.12. The van der Waals surface area contributed by atoms with Gasteiger partial charge in [0.15, 0.2) is 0 Å². The van der Waals surface area contributed by atoms with Crippen LogP contribution in [0.15, 0.2) is 91.7 Å². The lowest BCUT2D eigenvalue weighted by molar-refractivity contribution is 0.988. The van der Waals surface area contributed by atoms with E-state index in [0.717, 1.165) is 34.2 Å². The van der Waals surface area contributed by atoms with E-state index in [2.05, 4.69) is 92.7 Å². The van der Waals surface area contributed by atoms with Crippen LogP contribution in [0.1, 0.15) is 30.0 Å². The number of nitrogens with zero attached hydrogens (tertiary/aromatic N) is 1. The summed E-state index contributed by atoms with van der Waals surface area (Å²) in [7, 11) is 2.11. The Morgan fingerprint density at radius 1 is 0.966 bits per heavy atom. The minimum Gasteiger partial charge on any atom is -0.399 e. The van der Waals surface area contributed by atoms with E-state index in [-0.39, 0.29) is 0 Å². The van der Waals surface area contributed by atoms with Crippen molar-refractivity contribution in [1.29, 1.82) is 0 Å². The summed E-state index contributed by atoms with van der Waals surface area (Å²) in [6.45, 7) is 10.1. The average molecular weight is 381 g/mol. The molecule has 3 aromatic rings. The quantitative estimate of drug-likeness (QED) is 0.487. The summed E-state index contributed by atoms with van der Waals surface area (Å²) in [5, 5.41) is 0. The molecule has 0 unspecified atom stereocenters. The first-order chi connectivity index (χ1) is 14.0. The van der Waals surface area contributed by atoms with Gasteiger partial charge in [0, 0.05) is 24.1 Å². The van der Waals surface area contributed by atoms with E-state index >= 15 is 0 Å². The zero-order valence-electron chi connectivity index (χ0n) is 17.2. The maximum atomic E-state index is 5.81. The molecule has 0 aliphatic carbocycles. The van der Waals surface area contributed by atoms with Crippen molar-refractivity contribution < 1.29 is 0 Å². The van der Waals surface area contributed by atoms with Gasteiger partial charge in [-0.3, -0.25) is 0 Å². The second-order valence-corrected chi connectivity index (χ2v) is 7.00. The summed E-state index contributed by atoms with van der Waals surface area (Å²) in [4.78, 5) is 2.24.